The van der Waals surface area contributed by atoms with Crippen LogP contribution in [0.15, 0.2) is 24.3 Å². The van der Waals surface area contributed by atoms with Crippen LogP contribution in [0.4, 0.5) is 0 Å². The first-order chi connectivity index (χ1) is 11.1. The summed E-state index contributed by atoms with van der Waals surface area (Å²) in [7, 11) is -0.306. The fourth-order valence-corrected chi connectivity index (χ4v) is 3.44. The molecule has 0 radical (unpaired) electrons. The molecular formula is C18H34ClN3O2RuS. The predicted molar refractivity (Wildman–Crippen MR) is 108 cm³/mol. The van der Waals surface area contributed by atoms with Gasteiger partial charge in [-0.15, -0.1) is 12.4 Å². The van der Waals surface area contributed by atoms with Gasteiger partial charge in [0, 0.05) is 45.7 Å². The summed E-state index contributed by atoms with van der Waals surface area (Å²) >= 11 is 0. The quantitative estimate of drug-likeness (QED) is 0.634. The molecule has 0 aliphatic heterocycles. The summed E-state index contributed by atoms with van der Waals surface area (Å²) < 4.78 is 26.8. The van der Waals surface area contributed by atoms with Gasteiger partial charge in [0.25, 0.3) is 10.2 Å². The molecule has 5 nitrogen and oxygen atoms in total. The van der Waals surface area contributed by atoms with Crippen LogP contribution in [0.1, 0.15) is 56.6 Å². The fraction of sp³-hybridized carbons (Fsp3) is 0.667. The first kappa shape index (κ1) is 28.2. The molecular weight excluding hydrogens is 459 g/mol. The van der Waals surface area contributed by atoms with Crippen molar-refractivity contribution >= 4 is 22.6 Å². The summed E-state index contributed by atoms with van der Waals surface area (Å²) in [5, 5.41) is 0. The molecule has 0 heterocycles. The molecule has 26 heavy (non-hydrogen) atoms. The van der Waals surface area contributed by atoms with E-state index in [4.69, 9.17) is 5.73 Å². The second kappa shape index (κ2) is 13.2. The van der Waals surface area contributed by atoms with Crippen molar-refractivity contribution in [2.24, 2.45) is 5.73 Å². The molecule has 1 saturated carbocycles. The van der Waals surface area contributed by atoms with Gasteiger partial charge in [-0.25, -0.2) is 0 Å². The summed E-state index contributed by atoms with van der Waals surface area (Å²) in [6.07, 6.45) is 3.89. The van der Waals surface area contributed by atoms with Crippen molar-refractivity contribution in [3.63, 3.8) is 0 Å². The SMILES string of the molecule is CN(C)S(=O)(=O)N[C@@H]1CCCC[C@H]1N.Cc1ccc(C(C)C)cc1.Cl.[Ru]. The molecule has 1 aliphatic carbocycles. The third-order valence-electron chi connectivity index (χ3n) is 4.34. The van der Waals surface area contributed by atoms with E-state index >= 15 is 0 Å². The van der Waals surface area contributed by atoms with Gasteiger partial charge in [-0.3, -0.25) is 0 Å². The summed E-state index contributed by atoms with van der Waals surface area (Å²) in [6.45, 7) is 6.54. The summed E-state index contributed by atoms with van der Waals surface area (Å²) in [6, 6.07) is 8.57. The summed E-state index contributed by atoms with van der Waals surface area (Å²) in [5.41, 5.74) is 8.60. The monoisotopic (exact) mass is 493 g/mol. The van der Waals surface area contributed by atoms with E-state index in [1.54, 1.807) is 0 Å². The van der Waals surface area contributed by atoms with Gasteiger partial charge < -0.3 is 5.73 Å². The number of nitrogens with one attached hydrogen (secondary N) is 1. The van der Waals surface area contributed by atoms with E-state index < -0.39 is 10.2 Å². The van der Waals surface area contributed by atoms with Crippen LogP contribution in [0, 0.1) is 6.92 Å². The number of nitrogens with two attached hydrogens (primary N) is 1. The maximum atomic E-state index is 11.5. The Morgan fingerprint density at radius 1 is 1.12 bits per heavy atom. The zero-order valence-electron chi connectivity index (χ0n) is 16.4. The number of hydrogen-bond acceptors (Lipinski definition) is 3. The molecule has 1 fully saturated rings. The van der Waals surface area contributed by atoms with Crippen molar-refractivity contribution in [3.8, 4) is 0 Å². The molecule has 1 aromatic rings. The smallest absolute Gasteiger partial charge is 0.279 e. The van der Waals surface area contributed by atoms with Gasteiger partial charge in [0.05, 0.1) is 0 Å². The molecule has 0 bridgehead atoms. The molecule has 0 unspecified atom stereocenters. The molecule has 154 valence electrons. The predicted octanol–water partition coefficient (Wildman–Crippen LogP) is 3.19. The van der Waals surface area contributed by atoms with E-state index in [0.29, 0.717) is 5.92 Å². The van der Waals surface area contributed by atoms with E-state index in [2.05, 4.69) is 49.8 Å². The van der Waals surface area contributed by atoms with E-state index in [9.17, 15) is 8.42 Å². The molecule has 0 spiro atoms. The topological polar surface area (TPSA) is 75.4 Å². The molecule has 3 N–H and O–H groups in total. The van der Waals surface area contributed by atoms with Gasteiger partial charge in [-0.1, -0.05) is 56.5 Å². The second-order valence-corrected chi connectivity index (χ2v) is 8.94. The molecule has 0 amide bonds. The Kier molecular flexibility index (Phi) is 14.3. The maximum Gasteiger partial charge on any atom is 0.279 e. The largest absolute Gasteiger partial charge is 0.326 e. The number of benzene rings is 1. The van der Waals surface area contributed by atoms with Crippen LogP contribution in [0.3, 0.4) is 0 Å². The molecule has 1 aliphatic rings. The van der Waals surface area contributed by atoms with Crippen molar-refractivity contribution in [2.45, 2.75) is 64.5 Å². The Morgan fingerprint density at radius 2 is 1.62 bits per heavy atom. The van der Waals surface area contributed by atoms with Crippen molar-refractivity contribution in [1.29, 1.82) is 0 Å². The average Bonchev–Trinajstić information content (AvgIpc) is 2.50. The molecule has 2 rings (SSSR count). The summed E-state index contributed by atoms with van der Waals surface area (Å²) in [4.78, 5) is 0. The fourth-order valence-electron chi connectivity index (χ4n) is 2.55. The van der Waals surface area contributed by atoms with Crippen molar-refractivity contribution in [2.75, 3.05) is 14.1 Å². The van der Waals surface area contributed by atoms with Crippen LogP contribution in [0.2, 0.25) is 0 Å². The van der Waals surface area contributed by atoms with Crippen molar-refractivity contribution < 1.29 is 27.9 Å². The number of hydrogen-bond donors (Lipinski definition) is 2. The van der Waals surface area contributed by atoms with Crippen molar-refractivity contribution in [1.82, 2.24) is 9.03 Å². The van der Waals surface area contributed by atoms with Crippen LogP contribution in [0.5, 0.6) is 0 Å². The normalized spacial score (nSPS) is 19.8. The Labute approximate surface area is 178 Å². The molecule has 2 atom stereocenters. The maximum absolute atomic E-state index is 11.5. The Balaban J connectivity index is 0. The van der Waals surface area contributed by atoms with Gasteiger partial charge in [-0.05, 0) is 31.2 Å². The minimum atomic E-state index is -3.33. The first-order valence-electron chi connectivity index (χ1n) is 8.65. The third-order valence-corrected chi connectivity index (χ3v) is 5.91. The van der Waals surface area contributed by atoms with E-state index in [1.807, 2.05) is 0 Å². The van der Waals surface area contributed by atoms with E-state index in [-0.39, 0.29) is 44.0 Å². The van der Waals surface area contributed by atoms with Gasteiger partial charge >= 0.3 is 0 Å². The van der Waals surface area contributed by atoms with Crippen molar-refractivity contribution in [3.05, 3.63) is 35.4 Å². The zero-order valence-corrected chi connectivity index (χ0v) is 19.8. The molecule has 1 aromatic carbocycles. The van der Waals surface area contributed by atoms with Crippen LogP contribution in [0.25, 0.3) is 0 Å². The number of aryl methyl sites for hydroxylation is 1. The molecule has 8 heteroatoms. The van der Waals surface area contributed by atoms with Crippen LogP contribution in [-0.4, -0.2) is 38.9 Å². The van der Waals surface area contributed by atoms with Crippen LogP contribution >= 0.6 is 12.4 Å². The Hall–Kier alpha value is -0.0366. The minimum absolute atomic E-state index is 0. The van der Waals surface area contributed by atoms with Gasteiger partial charge in [-0.2, -0.15) is 17.4 Å². The molecule has 0 aromatic heterocycles. The number of halogens is 1. The van der Waals surface area contributed by atoms with Gasteiger partial charge in [0.2, 0.25) is 0 Å². The number of rotatable bonds is 4. The van der Waals surface area contributed by atoms with E-state index in [0.717, 1.165) is 25.7 Å². The van der Waals surface area contributed by atoms with Gasteiger partial charge in [0.15, 0.2) is 0 Å². The number of nitrogens with zero attached hydrogens (tertiary/aromatic N) is 1. The minimum Gasteiger partial charge on any atom is -0.326 e. The van der Waals surface area contributed by atoms with Gasteiger partial charge in [0.1, 0.15) is 0 Å². The Morgan fingerprint density at radius 3 is 2.04 bits per heavy atom. The van der Waals surface area contributed by atoms with E-state index in [1.165, 1.54) is 29.5 Å². The molecule has 0 saturated heterocycles. The zero-order chi connectivity index (χ0) is 18.3. The van der Waals surface area contributed by atoms with Crippen LogP contribution in [-0.2, 0) is 29.7 Å². The third kappa shape index (κ3) is 9.77. The first-order valence-corrected chi connectivity index (χ1v) is 10.1. The average molecular weight is 493 g/mol. The summed E-state index contributed by atoms with van der Waals surface area (Å²) in [5.74, 6) is 0.653. The standard InChI is InChI=1S/C10H14.C8H19N3O2S.ClH.Ru/c1-8(2)10-6-4-9(3)5-7-10;1-11(2)14(12,13)10-8-6-4-3-5-7(8)9;;/h4-8H,1-3H3;7-8,10H,3-6,9H2,1-2H3;1H;/t;7-,8-;;/m.1../s1. The van der Waals surface area contributed by atoms with Crippen LogP contribution < -0.4 is 10.5 Å². The second-order valence-electron chi connectivity index (χ2n) is 7.03. The Bertz CT molecular complexity index is 595.